The lowest BCUT2D eigenvalue weighted by molar-refractivity contribution is 0.272. The van der Waals surface area contributed by atoms with Crippen LogP contribution in [0.2, 0.25) is 10.0 Å². The minimum absolute atomic E-state index is 0.0557. The van der Waals surface area contributed by atoms with Crippen molar-refractivity contribution in [1.29, 1.82) is 0 Å². The number of aromatic nitrogens is 2. The number of likely N-dealkylation sites (N-methyl/N-ethyl adjacent to an activating group) is 1. The summed E-state index contributed by atoms with van der Waals surface area (Å²) in [6, 6.07) is 4.54. The van der Waals surface area contributed by atoms with Crippen molar-refractivity contribution in [3.63, 3.8) is 0 Å². The van der Waals surface area contributed by atoms with Crippen LogP contribution in [-0.4, -0.2) is 66.9 Å². The largest absolute Gasteiger partial charge is 0.353 e. The van der Waals surface area contributed by atoms with Gasteiger partial charge < -0.3 is 4.90 Å². The van der Waals surface area contributed by atoms with E-state index in [4.69, 9.17) is 33.2 Å². The third-order valence-electron chi connectivity index (χ3n) is 6.62. The zero-order valence-electron chi connectivity index (χ0n) is 19.2. The molecule has 1 saturated heterocycles. The summed E-state index contributed by atoms with van der Waals surface area (Å²) in [5.74, 6) is 1.77. The van der Waals surface area contributed by atoms with Crippen LogP contribution in [0, 0.1) is 0 Å². The predicted molar refractivity (Wildman–Crippen MR) is 139 cm³/mol. The van der Waals surface area contributed by atoms with Crippen molar-refractivity contribution in [2.24, 2.45) is 0 Å². The lowest BCUT2D eigenvalue weighted by Gasteiger charge is -2.35. The SMILES string of the molecule is CCc1nc(N2CCN(S(=O)(=O)c3cc(Cl)ccc3Cl)CC2)c2c3c(sc2n1)CN(CC)CC3. The standard InChI is InChI=1S/C23H27Cl2N5O2S2/c1-3-20-26-22(21-16-7-8-28(4-2)14-18(16)33-23(21)27-20)29-9-11-30(12-10-29)34(31,32)19-13-15(24)5-6-17(19)25/h5-6,13H,3-4,7-12,14H2,1-2H3. The molecule has 2 aliphatic rings. The van der Waals surface area contributed by atoms with Gasteiger partial charge >= 0.3 is 0 Å². The molecule has 0 spiro atoms. The summed E-state index contributed by atoms with van der Waals surface area (Å²) in [5.41, 5.74) is 1.36. The molecule has 4 heterocycles. The van der Waals surface area contributed by atoms with Crippen LogP contribution in [0.25, 0.3) is 10.2 Å². The van der Waals surface area contributed by atoms with Gasteiger partial charge in [0, 0.05) is 55.6 Å². The van der Waals surface area contributed by atoms with Crippen molar-refractivity contribution in [3.8, 4) is 0 Å². The maximum Gasteiger partial charge on any atom is 0.244 e. The first-order valence-electron chi connectivity index (χ1n) is 11.6. The van der Waals surface area contributed by atoms with E-state index in [2.05, 4.69) is 23.6 Å². The number of hydrogen-bond acceptors (Lipinski definition) is 7. The molecule has 0 bridgehead atoms. The maximum atomic E-state index is 13.3. The summed E-state index contributed by atoms with van der Waals surface area (Å²) in [6.07, 6.45) is 1.75. The Morgan fingerprint density at radius 3 is 2.53 bits per heavy atom. The summed E-state index contributed by atoms with van der Waals surface area (Å²) < 4.78 is 28.0. The molecule has 0 amide bonds. The molecular weight excluding hydrogens is 513 g/mol. The van der Waals surface area contributed by atoms with E-state index < -0.39 is 10.0 Å². The fraction of sp³-hybridized carbons (Fsp3) is 0.478. The van der Waals surface area contributed by atoms with Crippen LogP contribution in [0.4, 0.5) is 5.82 Å². The molecule has 182 valence electrons. The molecule has 5 rings (SSSR count). The lowest BCUT2D eigenvalue weighted by Crippen LogP contribution is -2.49. The smallest absolute Gasteiger partial charge is 0.244 e. The number of piperazine rings is 1. The highest BCUT2D eigenvalue weighted by molar-refractivity contribution is 7.89. The second-order valence-electron chi connectivity index (χ2n) is 8.59. The average molecular weight is 541 g/mol. The summed E-state index contributed by atoms with van der Waals surface area (Å²) in [7, 11) is -3.73. The molecule has 0 aliphatic carbocycles. The number of anilines is 1. The van der Waals surface area contributed by atoms with E-state index in [0.29, 0.717) is 31.2 Å². The van der Waals surface area contributed by atoms with Crippen LogP contribution in [0.1, 0.15) is 30.1 Å². The van der Waals surface area contributed by atoms with E-state index in [0.717, 1.165) is 54.3 Å². The van der Waals surface area contributed by atoms with Crippen molar-refractivity contribution in [3.05, 3.63) is 44.5 Å². The Bertz CT molecular complexity index is 1340. The van der Waals surface area contributed by atoms with Crippen molar-refractivity contribution in [1.82, 2.24) is 19.2 Å². The molecule has 3 aromatic rings. The van der Waals surface area contributed by atoms with Gasteiger partial charge in [-0.25, -0.2) is 18.4 Å². The van der Waals surface area contributed by atoms with Crippen LogP contribution in [0.3, 0.4) is 0 Å². The molecule has 7 nitrogen and oxygen atoms in total. The molecule has 2 aromatic heterocycles. The summed E-state index contributed by atoms with van der Waals surface area (Å²) in [4.78, 5) is 16.9. The minimum Gasteiger partial charge on any atom is -0.353 e. The number of thiophene rings is 1. The van der Waals surface area contributed by atoms with E-state index in [1.54, 1.807) is 17.4 Å². The Morgan fingerprint density at radius 2 is 1.82 bits per heavy atom. The maximum absolute atomic E-state index is 13.3. The van der Waals surface area contributed by atoms with Gasteiger partial charge in [0.15, 0.2) is 0 Å². The van der Waals surface area contributed by atoms with Gasteiger partial charge in [0.25, 0.3) is 0 Å². The molecule has 34 heavy (non-hydrogen) atoms. The molecule has 1 aromatic carbocycles. The second kappa shape index (κ2) is 9.52. The number of nitrogens with zero attached hydrogens (tertiary/aromatic N) is 5. The Balaban J connectivity index is 1.45. The van der Waals surface area contributed by atoms with E-state index >= 15 is 0 Å². The van der Waals surface area contributed by atoms with Crippen molar-refractivity contribution in [2.45, 2.75) is 38.1 Å². The van der Waals surface area contributed by atoms with Crippen LogP contribution in [-0.2, 0) is 29.4 Å². The highest BCUT2D eigenvalue weighted by Gasteiger charge is 2.32. The third kappa shape index (κ3) is 4.31. The second-order valence-corrected chi connectivity index (χ2v) is 12.4. The Hall–Kier alpha value is -1.49. The number of fused-ring (bicyclic) bond motifs is 3. The number of sulfonamides is 1. The molecule has 2 aliphatic heterocycles. The number of benzene rings is 1. The Labute approximate surface area is 214 Å². The van der Waals surface area contributed by atoms with Crippen LogP contribution in [0.15, 0.2) is 23.1 Å². The van der Waals surface area contributed by atoms with Gasteiger partial charge in [0.05, 0.1) is 10.4 Å². The van der Waals surface area contributed by atoms with Gasteiger partial charge in [-0.2, -0.15) is 4.31 Å². The number of halogens is 2. The van der Waals surface area contributed by atoms with Gasteiger partial charge in [-0.05, 0) is 36.7 Å². The molecule has 0 N–H and O–H groups in total. The van der Waals surface area contributed by atoms with Crippen molar-refractivity contribution >= 4 is 60.6 Å². The summed E-state index contributed by atoms with van der Waals surface area (Å²) in [5, 5.41) is 1.69. The van der Waals surface area contributed by atoms with E-state index in [1.807, 2.05) is 0 Å². The first kappa shape index (κ1) is 24.2. The van der Waals surface area contributed by atoms with E-state index in [-0.39, 0.29) is 9.92 Å². The van der Waals surface area contributed by atoms with Gasteiger partial charge in [-0.15, -0.1) is 11.3 Å². The molecule has 1 fully saturated rings. The quantitative estimate of drug-likeness (QED) is 0.477. The zero-order valence-corrected chi connectivity index (χ0v) is 22.4. The van der Waals surface area contributed by atoms with Crippen LogP contribution >= 0.6 is 34.5 Å². The fourth-order valence-electron chi connectivity index (χ4n) is 4.68. The van der Waals surface area contributed by atoms with Crippen molar-refractivity contribution < 1.29 is 8.42 Å². The summed E-state index contributed by atoms with van der Waals surface area (Å²) in [6.45, 7) is 9.12. The number of aryl methyl sites for hydroxylation is 1. The fourth-order valence-corrected chi connectivity index (χ4v) is 8.12. The highest BCUT2D eigenvalue weighted by Crippen LogP contribution is 2.39. The van der Waals surface area contributed by atoms with Gasteiger partial charge in [0.2, 0.25) is 10.0 Å². The van der Waals surface area contributed by atoms with Gasteiger partial charge in [0.1, 0.15) is 21.4 Å². The first-order chi connectivity index (χ1) is 16.3. The molecule has 0 saturated carbocycles. The third-order valence-corrected chi connectivity index (χ3v) is 10.3. The molecular formula is C23H27Cl2N5O2S2. The van der Waals surface area contributed by atoms with E-state index in [9.17, 15) is 8.42 Å². The highest BCUT2D eigenvalue weighted by atomic mass is 35.5. The summed E-state index contributed by atoms with van der Waals surface area (Å²) >= 11 is 14.0. The number of hydrogen-bond donors (Lipinski definition) is 0. The van der Waals surface area contributed by atoms with Crippen molar-refractivity contribution in [2.75, 3.05) is 44.2 Å². The normalized spacial score (nSPS) is 17.9. The predicted octanol–water partition coefficient (Wildman–Crippen LogP) is 4.45. The zero-order chi connectivity index (χ0) is 24.0. The van der Waals surface area contributed by atoms with Crippen LogP contribution in [0.5, 0.6) is 0 Å². The lowest BCUT2D eigenvalue weighted by atomic mass is 10.0. The van der Waals surface area contributed by atoms with Gasteiger partial charge in [-0.1, -0.05) is 37.0 Å². The van der Waals surface area contributed by atoms with E-state index in [1.165, 1.54) is 26.9 Å². The number of rotatable bonds is 5. The topological polar surface area (TPSA) is 69.6 Å². The molecule has 0 unspecified atom stereocenters. The Kier molecular flexibility index (Phi) is 6.78. The molecule has 0 atom stereocenters. The Morgan fingerprint density at radius 1 is 1.06 bits per heavy atom. The molecule has 0 radical (unpaired) electrons. The monoisotopic (exact) mass is 539 g/mol. The minimum atomic E-state index is -3.73. The first-order valence-corrected chi connectivity index (χ1v) is 14.6. The average Bonchev–Trinajstić information content (AvgIpc) is 3.22. The molecule has 11 heteroatoms. The van der Waals surface area contributed by atoms with Gasteiger partial charge in [-0.3, -0.25) is 4.90 Å². The van der Waals surface area contributed by atoms with Crippen LogP contribution < -0.4 is 4.90 Å².